The maximum absolute atomic E-state index is 5.82. The van der Waals surface area contributed by atoms with Crippen LogP contribution in [-0.4, -0.2) is 25.2 Å². The number of hydrogen-bond donors (Lipinski definition) is 1. The van der Waals surface area contributed by atoms with Crippen LogP contribution in [0.15, 0.2) is 22.6 Å². The fourth-order valence-electron chi connectivity index (χ4n) is 2.35. The van der Waals surface area contributed by atoms with Crippen molar-refractivity contribution in [3.63, 3.8) is 0 Å². The molecule has 0 saturated carbocycles. The molecule has 0 bridgehead atoms. The predicted molar refractivity (Wildman–Crippen MR) is 65.3 cm³/mol. The van der Waals surface area contributed by atoms with Crippen molar-refractivity contribution in [1.82, 2.24) is 10.3 Å². The molecule has 2 atom stereocenters. The number of methoxy groups -OCH3 is 1. The Kier molecular flexibility index (Phi) is 2.52. The lowest BCUT2D eigenvalue weighted by Crippen LogP contribution is -2.08. The highest BCUT2D eigenvalue weighted by atomic mass is 16.5. The Morgan fingerprint density at radius 3 is 3.00 bits per heavy atom. The first-order valence-electron chi connectivity index (χ1n) is 5.93. The molecule has 1 aromatic carbocycles. The van der Waals surface area contributed by atoms with E-state index in [4.69, 9.17) is 9.15 Å². The van der Waals surface area contributed by atoms with E-state index in [9.17, 15) is 0 Å². The Labute approximate surface area is 100.0 Å². The van der Waals surface area contributed by atoms with Crippen LogP contribution in [0.25, 0.3) is 11.1 Å². The average molecular weight is 232 g/mol. The van der Waals surface area contributed by atoms with Crippen LogP contribution < -0.4 is 10.1 Å². The number of ether oxygens (including phenoxy) is 1. The first-order valence-corrected chi connectivity index (χ1v) is 5.93. The standard InChI is InChI=1S/C13H16N2O2/c1-8-6-14-7-10(8)13-15-11-5-9(16-2)3-4-12(11)17-13/h3-5,8,10,14H,6-7H2,1-2H3. The van der Waals surface area contributed by atoms with E-state index in [1.54, 1.807) is 7.11 Å². The summed E-state index contributed by atoms with van der Waals surface area (Å²) in [6, 6.07) is 5.72. The van der Waals surface area contributed by atoms with Gasteiger partial charge in [-0.25, -0.2) is 4.98 Å². The second-order valence-corrected chi connectivity index (χ2v) is 4.63. The van der Waals surface area contributed by atoms with Gasteiger partial charge in [0.15, 0.2) is 11.5 Å². The highest BCUT2D eigenvalue weighted by Gasteiger charge is 2.28. The first-order chi connectivity index (χ1) is 8.28. The van der Waals surface area contributed by atoms with Gasteiger partial charge in [0.25, 0.3) is 0 Å². The molecule has 4 nitrogen and oxygen atoms in total. The Bertz CT molecular complexity index is 535. The van der Waals surface area contributed by atoms with Gasteiger partial charge in [-0.2, -0.15) is 0 Å². The summed E-state index contributed by atoms with van der Waals surface area (Å²) in [4.78, 5) is 4.57. The second kappa shape index (κ2) is 4.04. The Morgan fingerprint density at radius 1 is 1.41 bits per heavy atom. The van der Waals surface area contributed by atoms with E-state index in [1.165, 1.54) is 0 Å². The minimum absolute atomic E-state index is 0.383. The third-order valence-electron chi connectivity index (χ3n) is 3.45. The zero-order valence-electron chi connectivity index (χ0n) is 10.1. The van der Waals surface area contributed by atoms with Crippen LogP contribution in [0.1, 0.15) is 18.7 Å². The number of oxazole rings is 1. The molecular weight excluding hydrogens is 216 g/mol. The zero-order valence-corrected chi connectivity index (χ0v) is 10.1. The summed E-state index contributed by atoms with van der Waals surface area (Å²) in [6.07, 6.45) is 0. The van der Waals surface area contributed by atoms with E-state index < -0.39 is 0 Å². The molecule has 4 heteroatoms. The lowest BCUT2D eigenvalue weighted by atomic mass is 9.98. The van der Waals surface area contributed by atoms with Crippen molar-refractivity contribution in [3.05, 3.63) is 24.1 Å². The first kappa shape index (κ1) is 10.6. The van der Waals surface area contributed by atoms with E-state index in [0.29, 0.717) is 11.8 Å². The van der Waals surface area contributed by atoms with E-state index >= 15 is 0 Å². The van der Waals surface area contributed by atoms with Gasteiger partial charge in [-0.05, 0) is 24.6 Å². The molecule has 0 radical (unpaired) electrons. The van der Waals surface area contributed by atoms with Crippen molar-refractivity contribution in [1.29, 1.82) is 0 Å². The number of fused-ring (bicyclic) bond motifs is 1. The largest absolute Gasteiger partial charge is 0.497 e. The van der Waals surface area contributed by atoms with Gasteiger partial charge in [-0.3, -0.25) is 0 Å². The van der Waals surface area contributed by atoms with Gasteiger partial charge >= 0.3 is 0 Å². The molecule has 1 aliphatic heterocycles. The van der Waals surface area contributed by atoms with E-state index in [-0.39, 0.29) is 0 Å². The van der Waals surface area contributed by atoms with Gasteiger partial charge in [0.2, 0.25) is 0 Å². The van der Waals surface area contributed by atoms with Crippen molar-refractivity contribution < 1.29 is 9.15 Å². The molecule has 1 aliphatic rings. The lowest BCUT2D eigenvalue weighted by Gasteiger charge is -2.08. The third kappa shape index (κ3) is 1.78. The van der Waals surface area contributed by atoms with Crippen molar-refractivity contribution >= 4 is 11.1 Å². The molecule has 0 spiro atoms. The number of hydrogen-bond acceptors (Lipinski definition) is 4. The highest BCUT2D eigenvalue weighted by Crippen LogP contribution is 2.30. The molecule has 2 unspecified atom stereocenters. The molecule has 2 heterocycles. The normalized spacial score (nSPS) is 24.4. The molecule has 90 valence electrons. The van der Waals surface area contributed by atoms with Crippen molar-refractivity contribution in [2.45, 2.75) is 12.8 Å². The maximum atomic E-state index is 5.82. The highest BCUT2D eigenvalue weighted by molar-refractivity contribution is 5.74. The molecule has 1 saturated heterocycles. The van der Waals surface area contributed by atoms with Crippen molar-refractivity contribution in [3.8, 4) is 5.75 Å². The number of benzene rings is 1. The Hall–Kier alpha value is -1.55. The van der Waals surface area contributed by atoms with Crippen LogP contribution in [0, 0.1) is 5.92 Å². The van der Waals surface area contributed by atoms with Crippen molar-refractivity contribution in [2.24, 2.45) is 5.92 Å². The van der Waals surface area contributed by atoms with Crippen LogP contribution in [0.2, 0.25) is 0 Å². The van der Waals surface area contributed by atoms with Gasteiger partial charge in [-0.15, -0.1) is 0 Å². The van der Waals surface area contributed by atoms with E-state index in [0.717, 1.165) is 35.8 Å². The van der Waals surface area contributed by atoms with Gasteiger partial charge in [-0.1, -0.05) is 6.92 Å². The molecule has 17 heavy (non-hydrogen) atoms. The average Bonchev–Trinajstić information content (AvgIpc) is 2.93. The van der Waals surface area contributed by atoms with Crippen molar-refractivity contribution in [2.75, 3.05) is 20.2 Å². The Morgan fingerprint density at radius 2 is 2.29 bits per heavy atom. The predicted octanol–water partition coefficient (Wildman–Crippen LogP) is 2.16. The molecule has 3 rings (SSSR count). The zero-order chi connectivity index (χ0) is 11.8. The van der Waals surface area contributed by atoms with Crippen LogP contribution >= 0.6 is 0 Å². The summed E-state index contributed by atoms with van der Waals surface area (Å²) in [6.45, 7) is 4.21. The quantitative estimate of drug-likeness (QED) is 0.862. The molecule has 2 aromatic rings. The summed E-state index contributed by atoms with van der Waals surface area (Å²) in [5.41, 5.74) is 1.71. The van der Waals surface area contributed by atoms with Crippen LogP contribution in [0.4, 0.5) is 0 Å². The summed E-state index contributed by atoms with van der Waals surface area (Å²) >= 11 is 0. The fraction of sp³-hybridized carbons (Fsp3) is 0.462. The number of rotatable bonds is 2. The molecule has 1 aromatic heterocycles. The summed E-state index contributed by atoms with van der Waals surface area (Å²) in [5.74, 6) is 2.61. The van der Waals surface area contributed by atoms with Gasteiger partial charge in [0, 0.05) is 12.6 Å². The third-order valence-corrected chi connectivity index (χ3v) is 3.45. The van der Waals surface area contributed by atoms with Gasteiger partial charge < -0.3 is 14.5 Å². The fourth-order valence-corrected chi connectivity index (χ4v) is 2.35. The Balaban J connectivity index is 2.01. The maximum Gasteiger partial charge on any atom is 0.200 e. The SMILES string of the molecule is COc1ccc2oc(C3CNCC3C)nc2c1. The smallest absolute Gasteiger partial charge is 0.200 e. The topological polar surface area (TPSA) is 47.3 Å². The molecular formula is C13H16N2O2. The molecule has 0 amide bonds. The summed E-state index contributed by atoms with van der Waals surface area (Å²) in [7, 11) is 1.66. The summed E-state index contributed by atoms with van der Waals surface area (Å²) < 4.78 is 11.0. The van der Waals surface area contributed by atoms with E-state index in [2.05, 4.69) is 17.2 Å². The second-order valence-electron chi connectivity index (χ2n) is 4.63. The van der Waals surface area contributed by atoms with Gasteiger partial charge in [0.05, 0.1) is 13.0 Å². The van der Waals surface area contributed by atoms with E-state index in [1.807, 2.05) is 18.2 Å². The minimum Gasteiger partial charge on any atom is -0.497 e. The van der Waals surface area contributed by atoms with Crippen LogP contribution in [0.3, 0.4) is 0 Å². The summed E-state index contributed by atoms with van der Waals surface area (Å²) in [5, 5.41) is 3.36. The molecule has 1 N–H and O–H groups in total. The van der Waals surface area contributed by atoms with Crippen LogP contribution in [0.5, 0.6) is 5.75 Å². The van der Waals surface area contributed by atoms with Crippen LogP contribution in [-0.2, 0) is 0 Å². The number of nitrogens with zero attached hydrogens (tertiary/aromatic N) is 1. The number of aromatic nitrogens is 1. The van der Waals surface area contributed by atoms with Gasteiger partial charge in [0.1, 0.15) is 11.3 Å². The lowest BCUT2D eigenvalue weighted by molar-refractivity contribution is 0.415. The minimum atomic E-state index is 0.383. The molecule has 1 fully saturated rings. The number of nitrogens with one attached hydrogen (secondary N) is 1. The molecule has 0 aliphatic carbocycles. The monoisotopic (exact) mass is 232 g/mol.